The van der Waals surface area contributed by atoms with Gasteiger partial charge in [0, 0.05) is 60.5 Å². The topological polar surface area (TPSA) is 83.4 Å². The molecule has 7 nitrogen and oxygen atoms in total. The number of hydrogen-bond acceptors (Lipinski definition) is 4. The molecule has 2 unspecified atom stereocenters. The molecule has 3 aromatic carbocycles. The highest BCUT2D eigenvalue weighted by molar-refractivity contribution is 6.30. The lowest BCUT2D eigenvalue weighted by atomic mass is 9.83. The van der Waals surface area contributed by atoms with Crippen LogP contribution in [0, 0.1) is 5.92 Å². The smallest absolute Gasteiger partial charge is 0.251 e. The molecule has 1 fully saturated rings. The lowest BCUT2D eigenvalue weighted by molar-refractivity contribution is -0.111. The number of carbonyl (C=O) groups excluding carboxylic acids is 2. The van der Waals surface area contributed by atoms with E-state index in [-0.39, 0.29) is 23.3 Å². The second-order valence-electron chi connectivity index (χ2n) is 10.9. The summed E-state index contributed by atoms with van der Waals surface area (Å²) >= 11 is 6.09. The average Bonchev–Trinajstić information content (AvgIpc) is 3.00. The Kier molecular flexibility index (Phi) is 7.93. The van der Waals surface area contributed by atoms with Crippen molar-refractivity contribution in [2.45, 2.75) is 25.4 Å². The number of carbonyl (C=O) groups is 2. The molecular formula is C34H31ClN4O3. The molecule has 2 aliphatic heterocycles. The SMILES string of the molecule is O=C(/C=C/c1ccccc1)Nc1cc(C(=O)NCc2cccc(Cl)c2)ccc1N1CC2CC(C1)c1cccc(=O)n1C2. The van der Waals surface area contributed by atoms with E-state index in [1.54, 1.807) is 30.3 Å². The van der Waals surface area contributed by atoms with Crippen LogP contribution in [0.4, 0.5) is 11.4 Å². The average molecular weight is 579 g/mol. The minimum atomic E-state index is -0.286. The van der Waals surface area contributed by atoms with Crippen LogP contribution in [0.25, 0.3) is 6.08 Å². The van der Waals surface area contributed by atoms with E-state index in [0.717, 1.165) is 35.5 Å². The van der Waals surface area contributed by atoms with Gasteiger partial charge in [0.1, 0.15) is 0 Å². The van der Waals surface area contributed by atoms with Crippen molar-refractivity contribution >= 4 is 40.9 Å². The molecule has 2 N–H and O–H groups in total. The van der Waals surface area contributed by atoms with Crippen LogP contribution >= 0.6 is 11.6 Å². The predicted octanol–water partition coefficient (Wildman–Crippen LogP) is 5.71. The Morgan fingerprint density at radius 3 is 2.57 bits per heavy atom. The zero-order valence-corrected chi connectivity index (χ0v) is 23.8. The molecule has 2 bridgehead atoms. The van der Waals surface area contributed by atoms with Crippen LogP contribution in [0.5, 0.6) is 0 Å². The Morgan fingerprint density at radius 1 is 0.905 bits per heavy atom. The van der Waals surface area contributed by atoms with Gasteiger partial charge in [0.15, 0.2) is 0 Å². The summed E-state index contributed by atoms with van der Waals surface area (Å²) < 4.78 is 1.90. The van der Waals surface area contributed by atoms with Gasteiger partial charge in [-0.15, -0.1) is 0 Å². The van der Waals surface area contributed by atoms with Crippen LogP contribution in [-0.4, -0.2) is 29.5 Å². The number of nitrogens with one attached hydrogen (secondary N) is 2. The van der Waals surface area contributed by atoms with Gasteiger partial charge < -0.3 is 20.1 Å². The standard InChI is InChI=1S/C34H31ClN4O3/c35-28-9-4-8-24(17-28)19-36-34(42)26-13-14-31(29(18-26)37-32(40)15-12-23-6-2-1-3-7-23)38-20-25-16-27(22-38)30-10-5-11-33(41)39(30)21-25/h1-15,17-18,25,27H,16,19-22H2,(H,36,42)(H,37,40)/b15-12+. The Labute approximate surface area is 249 Å². The maximum Gasteiger partial charge on any atom is 0.251 e. The van der Waals surface area contributed by atoms with E-state index >= 15 is 0 Å². The molecule has 8 heteroatoms. The molecule has 2 aliphatic rings. The third-order valence-corrected chi connectivity index (χ3v) is 8.14. The number of benzene rings is 3. The Hall–Kier alpha value is -4.62. The van der Waals surface area contributed by atoms with Crippen molar-refractivity contribution in [3.63, 3.8) is 0 Å². The fourth-order valence-electron chi connectivity index (χ4n) is 5.99. The maximum absolute atomic E-state index is 13.2. The summed E-state index contributed by atoms with van der Waals surface area (Å²) in [6.45, 7) is 2.47. The summed E-state index contributed by atoms with van der Waals surface area (Å²) in [5, 5.41) is 6.59. The molecule has 42 heavy (non-hydrogen) atoms. The molecule has 1 aromatic heterocycles. The number of amides is 2. The molecule has 0 spiro atoms. The Balaban J connectivity index is 1.26. The first-order valence-corrected chi connectivity index (χ1v) is 14.5. The lowest BCUT2D eigenvalue weighted by Crippen LogP contribution is -2.47. The first-order valence-electron chi connectivity index (χ1n) is 14.1. The third-order valence-electron chi connectivity index (χ3n) is 7.91. The quantitative estimate of drug-likeness (QED) is 0.275. The van der Waals surface area contributed by atoms with Crippen molar-refractivity contribution in [3.8, 4) is 0 Å². The lowest BCUT2D eigenvalue weighted by Gasteiger charge is -2.44. The minimum absolute atomic E-state index is 0.0435. The first-order chi connectivity index (χ1) is 20.4. The minimum Gasteiger partial charge on any atom is -0.369 e. The highest BCUT2D eigenvalue weighted by atomic mass is 35.5. The largest absolute Gasteiger partial charge is 0.369 e. The van der Waals surface area contributed by atoms with E-state index in [0.29, 0.717) is 41.8 Å². The summed E-state index contributed by atoms with van der Waals surface area (Å²) in [5.74, 6) is -0.0292. The normalized spacial score (nSPS) is 17.5. The maximum atomic E-state index is 13.2. The molecule has 0 radical (unpaired) electrons. The van der Waals surface area contributed by atoms with Crippen LogP contribution < -0.4 is 21.1 Å². The molecule has 0 saturated carbocycles. The van der Waals surface area contributed by atoms with Gasteiger partial charge in [-0.25, -0.2) is 0 Å². The Bertz CT molecular complexity index is 1720. The zero-order chi connectivity index (χ0) is 29.1. The number of nitrogens with zero attached hydrogens (tertiary/aromatic N) is 2. The van der Waals surface area contributed by atoms with E-state index in [1.807, 2.05) is 71.3 Å². The summed E-state index contributed by atoms with van der Waals surface area (Å²) in [7, 11) is 0. The Morgan fingerprint density at radius 2 is 1.74 bits per heavy atom. The number of hydrogen-bond donors (Lipinski definition) is 2. The summed E-state index contributed by atoms with van der Waals surface area (Å²) in [6.07, 6.45) is 4.28. The monoisotopic (exact) mass is 578 g/mol. The van der Waals surface area contributed by atoms with Crippen LogP contribution in [0.2, 0.25) is 5.02 Å². The van der Waals surface area contributed by atoms with Crippen molar-refractivity contribution in [2.24, 2.45) is 5.92 Å². The second-order valence-corrected chi connectivity index (χ2v) is 11.3. The zero-order valence-electron chi connectivity index (χ0n) is 23.0. The molecule has 6 rings (SSSR count). The van der Waals surface area contributed by atoms with Gasteiger partial charge in [-0.1, -0.05) is 60.1 Å². The molecule has 212 valence electrons. The first kappa shape index (κ1) is 27.5. The number of halogens is 1. The fourth-order valence-corrected chi connectivity index (χ4v) is 6.20. The van der Waals surface area contributed by atoms with Crippen molar-refractivity contribution < 1.29 is 9.59 Å². The second kappa shape index (κ2) is 12.1. The van der Waals surface area contributed by atoms with Crippen molar-refractivity contribution in [3.05, 3.63) is 135 Å². The predicted molar refractivity (Wildman–Crippen MR) is 167 cm³/mol. The van der Waals surface area contributed by atoms with Crippen LogP contribution in [-0.2, 0) is 17.9 Å². The van der Waals surface area contributed by atoms with Crippen LogP contribution in [0.1, 0.15) is 39.5 Å². The van der Waals surface area contributed by atoms with Crippen molar-refractivity contribution in [1.29, 1.82) is 0 Å². The van der Waals surface area contributed by atoms with Gasteiger partial charge in [0.2, 0.25) is 5.91 Å². The highest BCUT2D eigenvalue weighted by Crippen LogP contribution is 2.39. The fraction of sp³-hybridized carbons (Fsp3) is 0.206. The number of pyridine rings is 1. The summed E-state index contributed by atoms with van der Waals surface area (Å²) in [6, 6.07) is 27.9. The van der Waals surface area contributed by atoms with E-state index in [2.05, 4.69) is 15.5 Å². The van der Waals surface area contributed by atoms with Crippen LogP contribution in [0.15, 0.2) is 102 Å². The molecule has 0 aliphatic carbocycles. The van der Waals surface area contributed by atoms with E-state index in [9.17, 15) is 14.4 Å². The molecule has 2 amide bonds. The van der Waals surface area contributed by atoms with E-state index < -0.39 is 0 Å². The number of rotatable bonds is 7. The molecule has 3 heterocycles. The van der Waals surface area contributed by atoms with Gasteiger partial charge in [-0.2, -0.15) is 0 Å². The highest BCUT2D eigenvalue weighted by Gasteiger charge is 2.35. The number of anilines is 2. The third kappa shape index (κ3) is 6.16. The van der Waals surface area contributed by atoms with Crippen LogP contribution in [0.3, 0.4) is 0 Å². The van der Waals surface area contributed by atoms with E-state index in [1.165, 1.54) is 6.08 Å². The number of fused-ring (bicyclic) bond motifs is 4. The molecule has 4 aromatic rings. The molecule has 1 saturated heterocycles. The number of aromatic nitrogens is 1. The van der Waals surface area contributed by atoms with Crippen molar-refractivity contribution in [2.75, 3.05) is 23.3 Å². The number of piperidine rings is 1. The van der Waals surface area contributed by atoms with Gasteiger partial charge in [-0.05, 0) is 65.9 Å². The van der Waals surface area contributed by atoms with Gasteiger partial charge in [-0.3, -0.25) is 14.4 Å². The van der Waals surface area contributed by atoms with E-state index in [4.69, 9.17) is 11.6 Å². The summed E-state index contributed by atoms with van der Waals surface area (Å²) in [5.41, 5.74) is 4.77. The van der Waals surface area contributed by atoms with Gasteiger partial charge >= 0.3 is 0 Å². The van der Waals surface area contributed by atoms with Crippen molar-refractivity contribution in [1.82, 2.24) is 9.88 Å². The van der Waals surface area contributed by atoms with Gasteiger partial charge in [0.05, 0.1) is 11.4 Å². The molecule has 2 atom stereocenters. The van der Waals surface area contributed by atoms with Gasteiger partial charge in [0.25, 0.3) is 11.5 Å². The summed E-state index contributed by atoms with van der Waals surface area (Å²) in [4.78, 5) is 41.0. The molecular weight excluding hydrogens is 548 g/mol.